The predicted molar refractivity (Wildman–Crippen MR) is 59.8 cm³/mol. The highest BCUT2D eigenvalue weighted by molar-refractivity contribution is 9.10. The van der Waals surface area contributed by atoms with Crippen molar-refractivity contribution in [3.05, 3.63) is 28.0 Å². The molecule has 1 aromatic rings. The number of carbonyl (C=O) groups excluding carboxylic acids is 1. The molecular weight excluding hydrogens is 265 g/mol. The van der Waals surface area contributed by atoms with Crippen molar-refractivity contribution in [3.63, 3.8) is 0 Å². The fourth-order valence-corrected chi connectivity index (χ4v) is 1.63. The van der Waals surface area contributed by atoms with Gasteiger partial charge < -0.3 is 9.64 Å². The van der Waals surface area contributed by atoms with Gasteiger partial charge in [-0.3, -0.25) is 0 Å². The Hall–Kier alpha value is -1.10. The van der Waals surface area contributed by atoms with E-state index >= 15 is 0 Å². The van der Waals surface area contributed by atoms with Crippen LogP contribution in [0.15, 0.2) is 16.6 Å². The molecular formula is C10H11BrFNO2. The van der Waals surface area contributed by atoms with E-state index in [1.165, 1.54) is 13.2 Å². The molecule has 0 aliphatic carbocycles. The molecule has 0 amide bonds. The molecule has 1 aromatic carbocycles. The number of ether oxygens (including phenoxy) is 1. The number of halogens is 2. The largest absolute Gasteiger partial charge is 0.465 e. The van der Waals surface area contributed by atoms with Crippen LogP contribution >= 0.6 is 15.9 Å². The van der Waals surface area contributed by atoms with Crippen LogP contribution < -0.4 is 4.90 Å². The molecule has 0 saturated carbocycles. The van der Waals surface area contributed by atoms with E-state index < -0.39 is 11.8 Å². The number of anilines is 1. The van der Waals surface area contributed by atoms with Crippen LogP contribution in [0.3, 0.4) is 0 Å². The number of nitrogens with zero attached hydrogens (tertiary/aromatic N) is 1. The highest BCUT2D eigenvalue weighted by Crippen LogP contribution is 2.27. The van der Waals surface area contributed by atoms with Crippen LogP contribution in [0.4, 0.5) is 10.1 Å². The van der Waals surface area contributed by atoms with Gasteiger partial charge in [0.15, 0.2) is 0 Å². The number of carbonyl (C=O) groups is 1. The molecule has 0 aliphatic heterocycles. The summed E-state index contributed by atoms with van der Waals surface area (Å²) >= 11 is 3.17. The fourth-order valence-electron chi connectivity index (χ4n) is 1.22. The molecule has 1 rings (SSSR count). The van der Waals surface area contributed by atoms with E-state index in [4.69, 9.17) is 0 Å². The molecule has 0 aliphatic rings. The van der Waals surface area contributed by atoms with Gasteiger partial charge in [0, 0.05) is 18.6 Å². The zero-order valence-electron chi connectivity index (χ0n) is 8.67. The molecule has 5 heteroatoms. The van der Waals surface area contributed by atoms with Crippen LogP contribution in [0.1, 0.15) is 10.4 Å². The number of hydrogen-bond acceptors (Lipinski definition) is 3. The zero-order chi connectivity index (χ0) is 11.6. The second-order valence-electron chi connectivity index (χ2n) is 3.17. The normalized spacial score (nSPS) is 9.93. The lowest BCUT2D eigenvalue weighted by Crippen LogP contribution is -2.16. The second-order valence-corrected chi connectivity index (χ2v) is 4.08. The first kappa shape index (κ1) is 12.0. The minimum absolute atomic E-state index is 0.0503. The summed E-state index contributed by atoms with van der Waals surface area (Å²) in [5.74, 6) is -1.27. The summed E-state index contributed by atoms with van der Waals surface area (Å²) in [6, 6.07) is 2.90. The smallest absolute Gasteiger partial charge is 0.342 e. The summed E-state index contributed by atoms with van der Waals surface area (Å²) in [7, 11) is 4.69. The average molecular weight is 276 g/mol. The monoisotopic (exact) mass is 275 g/mol. The third-order valence-corrected chi connectivity index (χ3v) is 2.36. The Kier molecular flexibility index (Phi) is 3.68. The molecule has 0 saturated heterocycles. The summed E-state index contributed by atoms with van der Waals surface area (Å²) < 4.78 is 18.7. The van der Waals surface area contributed by atoms with Gasteiger partial charge in [0.05, 0.1) is 12.8 Å². The lowest BCUT2D eigenvalue weighted by molar-refractivity contribution is 0.0596. The lowest BCUT2D eigenvalue weighted by atomic mass is 10.1. The lowest BCUT2D eigenvalue weighted by Gasteiger charge is -2.17. The van der Waals surface area contributed by atoms with Crippen molar-refractivity contribution in [2.45, 2.75) is 0 Å². The van der Waals surface area contributed by atoms with E-state index in [9.17, 15) is 9.18 Å². The van der Waals surface area contributed by atoms with Crippen LogP contribution in [-0.2, 0) is 4.74 Å². The third-order valence-electron chi connectivity index (χ3n) is 1.91. The minimum Gasteiger partial charge on any atom is -0.465 e. The van der Waals surface area contributed by atoms with Crippen LogP contribution in [0.25, 0.3) is 0 Å². The number of hydrogen-bond donors (Lipinski definition) is 0. The van der Waals surface area contributed by atoms with Gasteiger partial charge in [0.2, 0.25) is 0 Å². The van der Waals surface area contributed by atoms with Gasteiger partial charge in [-0.15, -0.1) is 0 Å². The number of methoxy groups -OCH3 is 1. The van der Waals surface area contributed by atoms with Gasteiger partial charge >= 0.3 is 5.97 Å². The minimum atomic E-state index is -0.677. The van der Waals surface area contributed by atoms with Crippen molar-refractivity contribution in [1.82, 2.24) is 0 Å². The molecule has 0 spiro atoms. The van der Waals surface area contributed by atoms with Crippen LogP contribution in [0.2, 0.25) is 0 Å². The summed E-state index contributed by atoms with van der Waals surface area (Å²) in [5, 5.41) is 0. The van der Waals surface area contributed by atoms with E-state index in [0.717, 1.165) is 0 Å². The van der Waals surface area contributed by atoms with Gasteiger partial charge in [-0.25, -0.2) is 9.18 Å². The third kappa shape index (κ3) is 2.47. The Balaban J connectivity index is 3.40. The van der Waals surface area contributed by atoms with E-state index in [1.54, 1.807) is 25.1 Å². The fraction of sp³-hybridized carbons (Fsp3) is 0.300. The molecule has 0 fully saturated rings. The Morgan fingerprint density at radius 2 is 2.07 bits per heavy atom. The number of rotatable bonds is 2. The average Bonchev–Trinajstić information content (AvgIpc) is 2.15. The van der Waals surface area contributed by atoms with E-state index in [1.807, 2.05) is 0 Å². The highest BCUT2D eigenvalue weighted by atomic mass is 79.9. The van der Waals surface area contributed by atoms with Gasteiger partial charge in [0.1, 0.15) is 11.4 Å². The maximum atomic E-state index is 13.6. The van der Waals surface area contributed by atoms with Gasteiger partial charge in [-0.1, -0.05) is 15.9 Å². The maximum Gasteiger partial charge on any atom is 0.342 e. The summed E-state index contributed by atoms with van der Waals surface area (Å²) in [5.41, 5.74) is 0.430. The van der Waals surface area contributed by atoms with Crippen molar-refractivity contribution in [1.29, 1.82) is 0 Å². The molecule has 0 radical (unpaired) electrons. The summed E-state index contributed by atoms with van der Waals surface area (Å²) in [6.07, 6.45) is 0. The molecule has 0 bridgehead atoms. The van der Waals surface area contributed by atoms with Crippen LogP contribution in [0, 0.1) is 5.82 Å². The van der Waals surface area contributed by atoms with Crippen molar-refractivity contribution in [2.24, 2.45) is 0 Å². The van der Waals surface area contributed by atoms with Gasteiger partial charge in [-0.2, -0.15) is 0 Å². The van der Waals surface area contributed by atoms with Gasteiger partial charge in [-0.05, 0) is 12.1 Å². The molecule has 0 atom stereocenters. The SMILES string of the molecule is COC(=O)c1c(F)cc(Br)cc1N(C)C. The molecule has 3 nitrogen and oxygen atoms in total. The molecule has 0 unspecified atom stereocenters. The number of benzene rings is 1. The Labute approximate surface area is 96.0 Å². The molecule has 0 N–H and O–H groups in total. The molecule has 0 aromatic heterocycles. The number of esters is 1. The Bertz CT molecular complexity index is 393. The molecule has 82 valence electrons. The zero-order valence-corrected chi connectivity index (χ0v) is 10.3. The van der Waals surface area contributed by atoms with E-state index in [2.05, 4.69) is 20.7 Å². The Morgan fingerprint density at radius 1 is 1.47 bits per heavy atom. The summed E-state index contributed by atoms with van der Waals surface area (Å²) in [6.45, 7) is 0. The molecule has 15 heavy (non-hydrogen) atoms. The second kappa shape index (κ2) is 4.61. The van der Waals surface area contributed by atoms with E-state index in [-0.39, 0.29) is 5.56 Å². The van der Waals surface area contributed by atoms with Crippen molar-refractivity contribution >= 4 is 27.6 Å². The van der Waals surface area contributed by atoms with Crippen molar-refractivity contribution in [3.8, 4) is 0 Å². The summed E-state index contributed by atoms with van der Waals surface area (Å²) in [4.78, 5) is 13.0. The van der Waals surface area contributed by atoms with Crippen molar-refractivity contribution in [2.75, 3.05) is 26.1 Å². The quantitative estimate of drug-likeness (QED) is 0.777. The van der Waals surface area contributed by atoms with Crippen molar-refractivity contribution < 1.29 is 13.9 Å². The standard InChI is InChI=1S/C10H11BrFNO2/c1-13(2)8-5-6(11)4-7(12)9(8)10(14)15-3/h4-5H,1-3H3. The predicted octanol–water partition coefficient (Wildman–Crippen LogP) is 2.44. The Morgan fingerprint density at radius 3 is 2.53 bits per heavy atom. The topological polar surface area (TPSA) is 29.5 Å². The first-order valence-corrected chi connectivity index (χ1v) is 5.01. The first-order valence-electron chi connectivity index (χ1n) is 4.22. The highest BCUT2D eigenvalue weighted by Gasteiger charge is 2.19. The van der Waals surface area contributed by atoms with Gasteiger partial charge in [0.25, 0.3) is 0 Å². The maximum absolute atomic E-state index is 13.6. The van der Waals surface area contributed by atoms with Crippen LogP contribution in [0.5, 0.6) is 0 Å². The first-order chi connectivity index (χ1) is 6.97. The molecule has 0 heterocycles. The van der Waals surface area contributed by atoms with Crippen LogP contribution in [-0.4, -0.2) is 27.2 Å². The van der Waals surface area contributed by atoms with E-state index in [0.29, 0.717) is 10.2 Å².